The Morgan fingerprint density at radius 1 is 1.14 bits per heavy atom. The number of piperidine rings is 1. The van der Waals surface area contributed by atoms with Gasteiger partial charge in [0.15, 0.2) is 0 Å². The third kappa shape index (κ3) is 7.09. The van der Waals surface area contributed by atoms with Gasteiger partial charge in [-0.15, -0.1) is 0 Å². The average Bonchev–Trinajstić information content (AvgIpc) is 2.61. The third-order valence-electron chi connectivity index (χ3n) is 4.26. The van der Waals surface area contributed by atoms with Gasteiger partial charge in [0.25, 0.3) is 0 Å². The second-order valence-electron chi connectivity index (χ2n) is 7.82. The van der Waals surface area contributed by atoms with Crippen molar-refractivity contribution in [3.63, 3.8) is 0 Å². The van der Waals surface area contributed by atoms with Crippen molar-refractivity contribution >= 4 is 23.6 Å². The molecule has 1 aromatic carbocycles. The molecule has 3 N–H and O–H groups in total. The molecule has 1 aliphatic heterocycles. The molecule has 0 aromatic heterocycles. The lowest BCUT2D eigenvalue weighted by atomic mass is 9.96. The first kappa shape index (κ1) is 21.5. The van der Waals surface area contributed by atoms with E-state index in [1.54, 1.807) is 29.2 Å². The quantitative estimate of drug-likeness (QED) is 0.774. The smallest absolute Gasteiger partial charge is 0.410 e. The van der Waals surface area contributed by atoms with Gasteiger partial charge < -0.3 is 25.4 Å². The van der Waals surface area contributed by atoms with Gasteiger partial charge in [-0.05, 0) is 57.9 Å². The van der Waals surface area contributed by atoms with E-state index in [9.17, 15) is 14.4 Å². The van der Waals surface area contributed by atoms with Crippen LogP contribution < -0.4 is 15.8 Å². The number of carbonyl (C=O) groups excluding carboxylic acids is 3. The van der Waals surface area contributed by atoms with Gasteiger partial charge in [0.1, 0.15) is 11.4 Å². The zero-order valence-corrected chi connectivity index (χ0v) is 16.7. The van der Waals surface area contributed by atoms with Crippen molar-refractivity contribution in [1.82, 2.24) is 4.90 Å². The Morgan fingerprint density at radius 3 is 2.29 bits per heavy atom. The van der Waals surface area contributed by atoms with Gasteiger partial charge in [-0.2, -0.15) is 0 Å². The highest BCUT2D eigenvalue weighted by atomic mass is 16.6. The molecule has 28 heavy (non-hydrogen) atoms. The maximum atomic E-state index is 12.5. The van der Waals surface area contributed by atoms with Crippen LogP contribution in [0, 0.1) is 5.92 Å². The Kier molecular flexibility index (Phi) is 7.25. The fourth-order valence-electron chi connectivity index (χ4n) is 2.80. The summed E-state index contributed by atoms with van der Waals surface area (Å²) in [6.07, 6.45) is 1.01. The predicted octanol–water partition coefficient (Wildman–Crippen LogP) is 2.53. The van der Waals surface area contributed by atoms with Crippen molar-refractivity contribution in [2.45, 2.75) is 45.6 Å². The molecular formula is C20H29N3O5. The zero-order chi connectivity index (χ0) is 20.7. The van der Waals surface area contributed by atoms with Crippen molar-refractivity contribution < 1.29 is 23.9 Å². The van der Waals surface area contributed by atoms with Crippen molar-refractivity contribution in [2.75, 3.05) is 25.0 Å². The van der Waals surface area contributed by atoms with Gasteiger partial charge in [0.2, 0.25) is 11.8 Å². The highest BCUT2D eigenvalue weighted by Crippen LogP contribution is 2.22. The summed E-state index contributed by atoms with van der Waals surface area (Å²) in [5.41, 5.74) is 5.20. The van der Waals surface area contributed by atoms with Crippen LogP contribution >= 0.6 is 0 Å². The molecule has 1 aromatic rings. The number of amides is 3. The van der Waals surface area contributed by atoms with Crippen LogP contribution in [0.25, 0.3) is 0 Å². The second kappa shape index (κ2) is 9.43. The molecule has 0 bridgehead atoms. The SMILES string of the molecule is CC(C)(C)OC(=O)N1CCC(C(=O)Nc2ccc(OCCC(N)=O)cc2)CC1. The fraction of sp³-hybridized carbons (Fsp3) is 0.550. The van der Waals surface area contributed by atoms with E-state index >= 15 is 0 Å². The minimum absolute atomic E-state index is 0.0637. The van der Waals surface area contributed by atoms with E-state index in [4.69, 9.17) is 15.2 Å². The molecule has 1 fully saturated rings. The van der Waals surface area contributed by atoms with Gasteiger partial charge in [-0.3, -0.25) is 9.59 Å². The number of primary amides is 1. The van der Waals surface area contributed by atoms with Crippen LogP contribution in [0.4, 0.5) is 10.5 Å². The molecule has 2 rings (SSSR count). The molecular weight excluding hydrogens is 362 g/mol. The van der Waals surface area contributed by atoms with E-state index in [0.717, 1.165) is 0 Å². The van der Waals surface area contributed by atoms with Gasteiger partial charge in [0, 0.05) is 24.7 Å². The topological polar surface area (TPSA) is 111 Å². The van der Waals surface area contributed by atoms with E-state index in [1.165, 1.54) is 0 Å². The minimum atomic E-state index is -0.527. The fourth-order valence-corrected chi connectivity index (χ4v) is 2.80. The standard InChI is InChI=1S/C20H29N3O5/c1-20(2,3)28-19(26)23-11-8-14(9-12-23)18(25)22-15-4-6-16(7-5-15)27-13-10-17(21)24/h4-7,14H,8-13H2,1-3H3,(H2,21,24)(H,22,25). The van der Waals surface area contributed by atoms with Gasteiger partial charge in [-0.1, -0.05) is 0 Å². The summed E-state index contributed by atoms with van der Waals surface area (Å²) < 4.78 is 10.8. The molecule has 154 valence electrons. The number of nitrogens with zero attached hydrogens (tertiary/aromatic N) is 1. The molecule has 1 heterocycles. The van der Waals surface area contributed by atoms with Crippen molar-refractivity contribution in [3.8, 4) is 5.75 Å². The molecule has 0 aliphatic carbocycles. The number of carbonyl (C=O) groups is 3. The van der Waals surface area contributed by atoms with E-state index in [-0.39, 0.29) is 30.9 Å². The van der Waals surface area contributed by atoms with Crippen LogP contribution in [0.3, 0.4) is 0 Å². The van der Waals surface area contributed by atoms with E-state index < -0.39 is 11.5 Å². The number of hydrogen-bond acceptors (Lipinski definition) is 5. The minimum Gasteiger partial charge on any atom is -0.493 e. The summed E-state index contributed by atoms with van der Waals surface area (Å²) in [4.78, 5) is 36.9. The first-order valence-corrected chi connectivity index (χ1v) is 9.44. The number of ether oxygens (including phenoxy) is 2. The summed E-state index contributed by atoms with van der Waals surface area (Å²) in [6, 6.07) is 6.93. The molecule has 0 spiro atoms. The highest BCUT2D eigenvalue weighted by molar-refractivity contribution is 5.92. The van der Waals surface area contributed by atoms with Gasteiger partial charge in [-0.25, -0.2) is 4.79 Å². The second-order valence-corrected chi connectivity index (χ2v) is 7.82. The Balaban J connectivity index is 1.78. The van der Waals surface area contributed by atoms with Crippen LogP contribution in [0.5, 0.6) is 5.75 Å². The number of anilines is 1. The monoisotopic (exact) mass is 391 g/mol. The van der Waals surface area contributed by atoms with Crippen molar-refractivity contribution in [2.24, 2.45) is 11.7 Å². The predicted molar refractivity (Wildman–Crippen MR) is 105 cm³/mol. The number of hydrogen-bond donors (Lipinski definition) is 2. The first-order valence-electron chi connectivity index (χ1n) is 9.44. The Bertz CT molecular complexity index is 689. The Hall–Kier alpha value is -2.77. The molecule has 0 unspecified atom stereocenters. The van der Waals surface area contributed by atoms with Crippen LogP contribution in [0.15, 0.2) is 24.3 Å². The largest absolute Gasteiger partial charge is 0.493 e. The maximum absolute atomic E-state index is 12.5. The lowest BCUT2D eigenvalue weighted by Gasteiger charge is -2.32. The maximum Gasteiger partial charge on any atom is 0.410 e. The van der Waals surface area contributed by atoms with Crippen LogP contribution in [-0.4, -0.2) is 48.1 Å². The summed E-state index contributed by atoms with van der Waals surface area (Å²) in [6.45, 7) is 6.72. The summed E-state index contributed by atoms with van der Waals surface area (Å²) in [5, 5.41) is 2.89. The van der Waals surface area contributed by atoms with E-state index in [2.05, 4.69) is 5.32 Å². The van der Waals surface area contributed by atoms with E-state index in [1.807, 2.05) is 20.8 Å². The molecule has 3 amide bonds. The van der Waals surface area contributed by atoms with Crippen molar-refractivity contribution in [1.29, 1.82) is 0 Å². The molecule has 8 heteroatoms. The summed E-state index contributed by atoms with van der Waals surface area (Å²) in [7, 11) is 0. The lowest BCUT2D eigenvalue weighted by Crippen LogP contribution is -2.43. The van der Waals surface area contributed by atoms with Gasteiger partial charge in [0.05, 0.1) is 13.0 Å². The summed E-state index contributed by atoms with van der Waals surface area (Å²) >= 11 is 0. The third-order valence-corrected chi connectivity index (χ3v) is 4.26. The van der Waals surface area contributed by atoms with E-state index in [0.29, 0.717) is 37.4 Å². The van der Waals surface area contributed by atoms with Crippen LogP contribution in [0.2, 0.25) is 0 Å². The molecule has 0 radical (unpaired) electrons. The Morgan fingerprint density at radius 2 is 1.75 bits per heavy atom. The number of likely N-dealkylation sites (tertiary alicyclic amines) is 1. The molecule has 1 aliphatic rings. The molecule has 0 atom stereocenters. The first-order chi connectivity index (χ1) is 13.1. The van der Waals surface area contributed by atoms with Gasteiger partial charge >= 0.3 is 6.09 Å². The van der Waals surface area contributed by atoms with Crippen LogP contribution in [-0.2, 0) is 14.3 Å². The van der Waals surface area contributed by atoms with Crippen LogP contribution in [0.1, 0.15) is 40.0 Å². The van der Waals surface area contributed by atoms with Crippen molar-refractivity contribution in [3.05, 3.63) is 24.3 Å². The number of rotatable bonds is 6. The molecule has 8 nitrogen and oxygen atoms in total. The lowest BCUT2D eigenvalue weighted by molar-refractivity contribution is -0.121. The normalized spacial score (nSPS) is 15.0. The molecule has 0 saturated carbocycles. The summed E-state index contributed by atoms with van der Waals surface area (Å²) in [5.74, 6) is -0.0251. The highest BCUT2D eigenvalue weighted by Gasteiger charge is 2.29. The number of benzene rings is 1. The number of nitrogens with two attached hydrogens (primary N) is 1. The molecule has 1 saturated heterocycles. The zero-order valence-electron chi connectivity index (χ0n) is 16.7. The average molecular weight is 391 g/mol. The number of nitrogens with one attached hydrogen (secondary N) is 1. The Labute approximate surface area is 165 Å².